The molecular formula is C23H28N4O3. The second-order valence-electron chi connectivity index (χ2n) is 8.13. The van der Waals surface area contributed by atoms with Crippen molar-refractivity contribution in [3.63, 3.8) is 0 Å². The summed E-state index contributed by atoms with van der Waals surface area (Å²) in [5.74, 6) is 2.58. The molecule has 4 heterocycles. The number of amides is 2. The Kier molecular flexibility index (Phi) is 5.34. The van der Waals surface area contributed by atoms with E-state index in [2.05, 4.69) is 27.3 Å². The zero-order chi connectivity index (χ0) is 20.3. The molecule has 7 nitrogen and oxygen atoms in total. The van der Waals surface area contributed by atoms with Crippen LogP contribution in [-0.4, -0.2) is 48.8 Å². The van der Waals surface area contributed by atoms with Crippen molar-refractivity contribution in [1.82, 2.24) is 15.2 Å². The highest BCUT2D eigenvalue weighted by atomic mass is 16.6. The average molecular weight is 409 g/mol. The molecule has 5 rings (SSSR count). The van der Waals surface area contributed by atoms with Gasteiger partial charge in [-0.3, -0.25) is 0 Å². The van der Waals surface area contributed by atoms with E-state index in [-0.39, 0.29) is 12.1 Å². The van der Waals surface area contributed by atoms with E-state index < -0.39 is 0 Å². The number of carbonyl (C=O) groups is 1. The number of hydrogen-bond acceptors (Lipinski definition) is 5. The van der Waals surface area contributed by atoms with E-state index in [0.717, 1.165) is 60.9 Å². The molecule has 1 aromatic heterocycles. The molecule has 0 spiro atoms. The molecule has 2 aromatic rings. The molecule has 0 saturated carbocycles. The van der Waals surface area contributed by atoms with E-state index in [4.69, 9.17) is 9.47 Å². The molecule has 0 radical (unpaired) electrons. The quantitative estimate of drug-likeness (QED) is 0.839. The fourth-order valence-corrected chi connectivity index (χ4v) is 4.56. The highest BCUT2D eigenvalue weighted by Gasteiger charge is 2.30. The lowest BCUT2D eigenvalue weighted by Crippen LogP contribution is -2.39. The number of hydrogen-bond donors (Lipinski definition) is 1. The molecule has 1 N–H and O–H groups in total. The van der Waals surface area contributed by atoms with Crippen molar-refractivity contribution < 1.29 is 14.3 Å². The summed E-state index contributed by atoms with van der Waals surface area (Å²) >= 11 is 0. The minimum absolute atomic E-state index is 0.0315. The molecule has 0 aliphatic carbocycles. The number of likely N-dealkylation sites (tertiary alicyclic amines) is 1. The Balaban J connectivity index is 1.21. The summed E-state index contributed by atoms with van der Waals surface area (Å²) in [4.78, 5) is 21.7. The number of rotatable bonds is 4. The third-order valence-electron chi connectivity index (χ3n) is 6.15. The van der Waals surface area contributed by atoms with Crippen molar-refractivity contribution in [2.75, 3.05) is 37.7 Å². The van der Waals surface area contributed by atoms with E-state index in [1.54, 1.807) is 0 Å². The van der Waals surface area contributed by atoms with Crippen molar-refractivity contribution in [3.05, 3.63) is 47.7 Å². The number of pyridine rings is 1. The third kappa shape index (κ3) is 3.88. The number of fused-ring (bicyclic) bond motifs is 1. The summed E-state index contributed by atoms with van der Waals surface area (Å²) in [7, 11) is 0. The molecule has 1 aromatic carbocycles. The smallest absolute Gasteiger partial charge is 0.318 e. The first-order chi connectivity index (χ1) is 14.8. The second-order valence-corrected chi connectivity index (χ2v) is 8.13. The first kappa shape index (κ1) is 19.0. The minimum atomic E-state index is -0.0315. The Hall–Kier alpha value is -2.96. The topological polar surface area (TPSA) is 66.9 Å². The fourth-order valence-electron chi connectivity index (χ4n) is 4.56. The van der Waals surface area contributed by atoms with Crippen LogP contribution < -0.4 is 19.7 Å². The second kappa shape index (κ2) is 8.42. The standard InChI is InChI=1S/C23H28N4O3/c28-23(25-16-17-5-8-22(24-15-17)26-9-1-2-10-26)27-11-3-4-19(27)18-6-7-20-21(14-18)30-13-12-29-20/h5-8,14-15,19H,1-4,9-13,16H2,(H,25,28). The van der Waals surface area contributed by atoms with Crippen LogP contribution in [0.15, 0.2) is 36.5 Å². The fraction of sp³-hybridized carbons (Fsp3) is 0.478. The van der Waals surface area contributed by atoms with Crippen LogP contribution in [0.5, 0.6) is 11.5 Å². The SMILES string of the molecule is O=C(NCc1ccc(N2CCCC2)nc1)N1CCCC1c1ccc2c(c1)OCCO2. The van der Waals surface area contributed by atoms with Gasteiger partial charge >= 0.3 is 6.03 Å². The van der Waals surface area contributed by atoms with Crippen LogP contribution in [0, 0.1) is 0 Å². The molecule has 158 valence electrons. The predicted octanol–water partition coefficient (Wildman–Crippen LogP) is 3.50. The number of aromatic nitrogens is 1. The number of ether oxygens (including phenoxy) is 2. The maximum absolute atomic E-state index is 12.9. The van der Waals surface area contributed by atoms with Crippen molar-refractivity contribution in [1.29, 1.82) is 0 Å². The largest absolute Gasteiger partial charge is 0.486 e. The van der Waals surface area contributed by atoms with Gasteiger partial charge in [-0.1, -0.05) is 12.1 Å². The van der Waals surface area contributed by atoms with Gasteiger partial charge in [0.15, 0.2) is 11.5 Å². The Labute approximate surface area is 177 Å². The minimum Gasteiger partial charge on any atom is -0.486 e. The lowest BCUT2D eigenvalue weighted by atomic mass is 10.0. The van der Waals surface area contributed by atoms with Crippen LogP contribution >= 0.6 is 0 Å². The summed E-state index contributed by atoms with van der Waals surface area (Å²) in [6, 6.07) is 10.2. The van der Waals surface area contributed by atoms with Gasteiger partial charge in [0.25, 0.3) is 0 Å². The zero-order valence-electron chi connectivity index (χ0n) is 17.2. The van der Waals surface area contributed by atoms with Crippen LogP contribution in [0.3, 0.4) is 0 Å². The summed E-state index contributed by atoms with van der Waals surface area (Å²) in [5, 5.41) is 3.07. The van der Waals surface area contributed by atoms with E-state index >= 15 is 0 Å². The van der Waals surface area contributed by atoms with Crippen molar-refractivity contribution in [2.45, 2.75) is 38.3 Å². The van der Waals surface area contributed by atoms with Crippen LogP contribution in [0.2, 0.25) is 0 Å². The van der Waals surface area contributed by atoms with Crippen molar-refractivity contribution in [2.24, 2.45) is 0 Å². The number of benzene rings is 1. The van der Waals surface area contributed by atoms with Crippen molar-refractivity contribution >= 4 is 11.8 Å². The molecule has 0 bridgehead atoms. The number of nitrogens with one attached hydrogen (secondary N) is 1. The van der Waals surface area contributed by atoms with Gasteiger partial charge in [-0.05, 0) is 55.0 Å². The summed E-state index contributed by atoms with van der Waals surface area (Å²) in [5.41, 5.74) is 2.12. The lowest BCUT2D eigenvalue weighted by molar-refractivity contribution is 0.170. The zero-order valence-corrected chi connectivity index (χ0v) is 17.2. The molecule has 2 amide bonds. The Morgan fingerprint density at radius 1 is 1.03 bits per heavy atom. The number of anilines is 1. The van der Waals surface area contributed by atoms with Crippen molar-refractivity contribution in [3.8, 4) is 11.5 Å². The first-order valence-corrected chi connectivity index (χ1v) is 10.9. The van der Waals surface area contributed by atoms with E-state index in [9.17, 15) is 4.79 Å². The Bertz CT molecular complexity index is 896. The van der Waals surface area contributed by atoms with Gasteiger partial charge in [0.1, 0.15) is 19.0 Å². The van der Waals surface area contributed by atoms with Gasteiger partial charge in [-0.25, -0.2) is 9.78 Å². The lowest BCUT2D eigenvalue weighted by Gasteiger charge is -2.27. The maximum Gasteiger partial charge on any atom is 0.318 e. The molecular weight excluding hydrogens is 380 g/mol. The summed E-state index contributed by atoms with van der Waals surface area (Å²) in [6.45, 7) is 4.56. The predicted molar refractivity (Wildman–Crippen MR) is 114 cm³/mol. The molecule has 3 aliphatic heterocycles. The third-order valence-corrected chi connectivity index (χ3v) is 6.15. The van der Waals surface area contributed by atoms with Crippen LogP contribution in [0.4, 0.5) is 10.6 Å². The summed E-state index contributed by atoms with van der Waals surface area (Å²) < 4.78 is 11.3. The van der Waals surface area contributed by atoms with Crippen LogP contribution in [0.1, 0.15) is 42.9 Å². The van der Waals surface area contributed by atoms with Gasteiger partial charge in [0.2, 0.25) is 0 Å². The molecule has 3 aliphatic rings. The Morgan fingerprint density at radius 2 is 1.87 bits per heavy atom. The van der Waals surface area contributed by atoms with E-state index in [1.165, 1.54) is 12.8 Å². The number of carbonyl (C=O) groups excluding carboxylic acids is 1. The van der Waals surface area contributed by atoms with E-state index in [0.29, 0.717) is 19.8 Å². The molecule has 1 unspecified atom stereocenters. The monoisotopic (exact) mass is 408 g/mol. The molecule has 30 heavy (non-hydrogen) atoms. The van der Waals surface area contributed by atoms with Gasteiger partial charge in [0, 0.05) is 32.4 Å². The highest BCUT2D eigenvalue weighted by molar-refractivity contribution is 5.75. The molecule has 7 heteroatoms. The van der Waals surface area contributed by atoms with Gasteiger partial charge in [-0.15, -0.1) is 0 Å². The summed E-state index contributed by atoms with van der Waals surface area (Å²) in [6.07, 6.45) is 6.30. The Morgan fingerprint density at radius 3 is 2.67 bits per heavy atom. The molecule has 2 saturated heterocycles. The molecule has 1 atom stereocenters. The van der Waals surface area contributed by atoms with E-state index in [1.807, 2.05) is 29.3 Å². The number of nitrogens with zero attached hydrogens (tertiary/aromatic N) is 3. The normalized spacial score (nSPS) is 20.5. The van der Waals surface area contributed by atoms with Gasteiger partial charge in [-0.2, -0.15) is 0 Å². The first-order valence-electron chi connectivity index (χ1n) is 10.9. The highest BCUT2D eigenvalue weighted by Crippen LogP contribution is 2.38. The van der Waals surface area contributed by atoms with Gasteiger partial charge < -0.3 is 24.6 Å². The average Bonchev–Trinajstić information content (AvgIpc) is 3.50. The number of urea groups is 1. The maximum atomic E-state index is 12.9. The molecule has 2 fully saturated rings. The van der Waals surface area contributed by atoms with Crippen LogP contribution in [-0.2, 0) is 6.54 Å². The van der Waals surface area contributed by atoms with Crippen LogP contribution in [0.25, 0.3) is 0 Å². The van der Waals surface area contributed by atoms with Gasteiger partial charge in [0.05, 0.1) is 6.04 Å².